The van der Waals surface area contributed by atoms with E-state index in [0.29, 0.717) is 6.42 Å². The van der Waals surface area contributed by atoms with E-state index in [4.69, 9.17) is 5.11 Å². The largest absolute Gasteiger partial charge is 1.00 e. The molecule has 0 saturated carbocycles. The van der Waals surface area contributed by atoms with Gasteiger partial charge in [0.25, 0.3) is 0 Å². The molecule has 3 nitrogen and oxygen atoms in total. The van der Waals surface area contributed by atoms with Gasteiger partial charge in [0.1, 0.15) is 12.0 Å². The Morgan fingerprint density at radius 2 is 2.30 bits per heavy atom. The van der Waals surface area contributed by atoms with Crippen molar-refractivity contribution in [2.45, 2.75) is 12.5 Å². The highest BCUT2D eigenvalue weighted by Gasteiger charge is 2.28. The van der Waals surface area contributed by atoms with E-state index >= 15 is 0 Å². The van der Waals surface area contributed by atoms with E-state index in [2.05, 4.69) is 5.73 Å². The molecule has 0 aliphatic heterocycles. The van der Waals surface area contributed by atoms with Gasteiger partial charge >= 0.3 is 5.97 Å². The molecule has 1 aliphatic carbocycles. The molecule has 0 spiro atoms. The van der Waals surface area contributed by atoms with Crippen LogP contribution < -0.4 is 18.1 Å². The molecule has 0 heterocycles. The number of hydrogen-bond acceptors (Lipinski definition) is 1. The SMILES string of the molecule is [Cl-].[NH3+][C@H]1C=CC[C@@H]1C(=O)O. The third kappa shape index (κ3) is 1.72. The number of halogens is 1. The molecule has 0 bridgehead atoms. The number of carboxylic acids is 1. The highest BCUT2D eigenvalue weighted by atomic mass is 35.5. The monoisotopic (exact) mass is 163 g/mol. The van der Waals surface area contributed by atoms with Crippen LogP contribution in [0.1, 0.15) is 6.42 Å². The number of allylic oxidation sites excluding steroid dienone is 1. The molecular weight excluding hydrogens is 154 g/mol. The zero-order chi connectivity index (χ0) is 6.85. The van der Waals surface area contributed by atoms with E-state index < -0.39 is 5.97 Å². The standard InChI is InChI=1S/C6H9NO2.ClH/c7-5-3-1-2-4(5)6(8)9;/h1,3-5H,2,7H2,(H,8,9);1H/t4-,5-;/m0./s1. The van der Waals surface area contributed by atoms with Crippen molar-refractivity contribution in [2.24, 2.45) is 5.92 Å². The molecule has 0 radical (unpaired) electrons. The molecule has 1 aliphatic rings. The Bertz CT molecular complexity index is 158. The van der Waals surface area contributed by atoms with Gasteiger partial charge in [0.05, 0.1) is 0 Å². The first-order valence-corrected chi connectivity index (χ1v) is 2.94. The molecule has 0 aromatic heterocycles. The Hall–Kier alpha value is -0.540. The number of quaternary nitrogens is 1. The van der Waals surface area contributed by atoms with Crippen LogP contribution in [-0.4, -0.2) is 17.1 Å². The average molecular weight is 164 g/mol. The van der Waals surface area contributed by atoms with Gasteiger partial charge in [-0.05, 0) is 12.5 Å². The highest BCUT2D eigenvalue weighted by molar-refractivity contribution is 5.71. The molecule has 0 amide bonds. The first kappa shape index (κ1) is 9.46. The summed E-state index contributed by atoms with van der Waals surface area (Å²) in [4.78, 5) is 10.3. The van der Waals surface area contributed by atoms with Gasteiger partial charge in [-0.3, -0.25) is 4.79 Å². The van der Waals surface area contributed by atoms with E-state index in [0.717, 1.165) is 0 Å². The van der Waals surface area contributed by atoms with E-state index in [9.17, 15) is 4.79 Å². The molecular formula is C6H10ClNO2. The van der Waals surface area contributed by atoms with Crippen LogP contribution in [0.3, 0.4) is 0 Å². The van der Waals surface area contributed by atoms with Crippen LogP contribution in [0.15, 0.2) is 12.2 Å². The van der Waals surface area contributed by atoms with Crippen LogP contribution in [0.2, 0.25) is 0 Å². The van der Waals surface area contributed by atoms with E-state index in [1.165, 1.54) is 0 Å². The average Bonchev–Trinajstić information content (AvgIpc) is 2.13. The van der Waals surface area contributed by atoms with Crippen LogP contribution in [-0.2, 0) is 4.79 Å². The first-order valence-electron chi connectivity index (χ1n) is 2.94. The van der Waals surface area contributed by atoms with Gasteiger partial charge in [-0.25, -0.2) is 0 Å². The quantitative estimate of drug-likeness (QED) is 0.391. The maximum absolute atomic E-state index is 10.3. The predicted octanol–water partition coefficient (Wildman–Crippen LogP) is -3.74. The fourth-order valence-electron chi connectivity index (χ4n) is 0.993. The molecule has 0 aromatic rings. The predicted molar refractivity (Wildman–Crippen MR) is 31.6 cm³/mol. The van der Waals surface area contributed by atoms with Crippen molar-refractivity contribution in [1.29, 1.82) is 0 Å². The molecule has 0 unspecified atom stereocenters. The summed E-state index contributed by atoms with van der Waals surface area (Å²) in [6, 6.07) is -0.0255. The zero-order valence-electron chi connectivity index (χ0n) is 5.46. The Morgan fingerprint density at radius 1 is 1.70 bits per heavy atom. The summed E-state index contributed by atoms with van der Waals surface area (Å²) in [5.74, 6) is -1.01. The van der Waals surface area contributed by atoms with Crippen molar-refractivity contribution in [3.8, 4) is 0 Å². The lowest BCUT2D eigenvalue weighted by atomic mass is 10.0. The molecule has 10 heavy (non-hydrogen) atoms. The van der Waals surface area contributed by atoms with Crippen LogP contribution in [0.25, 0.3) is 0 Å². The molecule has 0 saturated heterocycles. The molecule has 4 heteroatoms. The third-order valence-corrected chi connectivity index (χ3v) is 1.61. The van der Waals surface area contributed by atoms with Crippen LogP contribution in [0.4, 0.5) is 0 Å². The lowest BCUT2D eigenvalue weighted by Crippen LogP contribution is -3.00. The first-order chi connectivity index (χ1) is 4.22. The number of aliphatic carboxylic acids is 1. The Labute approximate surface area is 65.3 Å². The summed E-state index contributed by atoms with van der Waals surface area (Å²) in [6.45, 7) is 0. The molecule has 0 aromatic carbocycles. The van der Waals surface area contributed by atoms with Gasteiger partial charge in [-0.1, -0.05) is 6.08 Å². The van der Waals surface area contributed by atoms with Crippen molar-refractivity contribution in [3.63, 3.8) is 0 Å². The summed E-state index contributed by atoms with van der Waals surface area (Å²) < 4.78 is 0. The van der Waals surface area contributed by atoms with Crippen molar-refractivity contribution in [3.05, 3.63) is 12.2 Å². The second-order valence-corrected chi connectivity index (χ2v) is 2.27. The van der Waals surface area contributed by atoms with Crippen molar-refractivity contribution in [1.82, 2.24) is 0 Å². The molecule has 4 N–H and O–H groups in total. The summed E-state index contributed by atoms with van der Waals surface area (Å²) in [5, 5.41) is 8.50. The maximum Gasteiger partial charge on any atom is 0.313 e. The smallest absolute Gasteiger partial charge is 0.313 e. The van der Waals surface area contributed by atoms with E-state index in [1.54, 1.807) is 0 Å². The van der Waals surface area contributed by atoms with Gasteiger partial charge in [0.2, 0.25) is 0 Å². The second kappa shape index (κ2) is 3.58. The Kier molecular flexibility index (Phi) is 3.39. The third-order valence-electron chi connectivity index (χ3n) is 1.61. The minimum atomic E-state index is -0.736. The minimum absolute atomic E-state index is 0. The van der Waals surface area contributed by atoms with E-state index in [1.807, 2.05) is 12.2 Å². The van der Waals surface area contributed by atoms with Gasteiger partial charge in [-0.2, -0.15) is 0 Å². The highest BCUT2D eigenvalue weighted by Crippen LogP contribution is 2.14. The van der Waals surface area contributed by atoms with Crippen molar-refractivity contribution >= 4 is 5.97 Å². The Morgan fingerprint density at radius 3 is 2.50 bits per heavy atom. The number of hydrogen-bond donors (Lipinski definition) is 2. The van der Waals surface area contributed by atoms with Crippen LogP contribution in [0, 0.1) is 5.92 Å². The van der Waals surface area contributed by atoms with E-state index in [-0.39, 0.29) is 24.4 Å². The molecule has 1 rings (SSSR count). The van der Waals surface area contributed by atoms with Gasteiger partial charge < -0.3 is 23.2 Å². The summed E-state index contributed by atoms with van der Waals surface area (Å²) in [5.41, 5.74) is 3.67. The number of carbonyl (C=O) groups is 1. The van der Waals surface area contributed by atoms with Gasteiger partial charge in [0, 0.05) is 0 Å². The zero-order valence-corrected chi connectivity index (χ0v) is 6.21. The van der Waals surface area contributed by atoms with Gasteiger partial charge in [0.15, 0.2) is 0 Å². The Balaban J connectivity index is 0.000000810. The molecule has 58 valence electrons. The number of rotatable bonds is 1. The maximum atomic E-state index is 10.3. The van der Waals surface area contributed by atoms with Crippen molar-refractivity contribution < 1.29 is 28.0 Å². The fraction of sp³-hybridized carbons (Fsp3) is 0.500. The summed E-state index contributed by atoms with van der Waals surface area (Å²) >= 11 is 0. The normalized spacial score (nSPS) is 29.7. The summed E-state index contributed by atoms with van der Waals surface area (Å²) in [6.07, 6.45) is 4.36. The second-order valence-electron chi connectivity index (χ2n) is 2.27. The van der Waals surface area contributed by atoms with Crippen LogP contribution in [0.5, 0.6) is 0 Å². The minimum Gasteiger partial charge on any atom is -1.00 e. The van der Waals surface area contributed by atoms with Crippen LogP contribution >= 0.6 is 0 Å². The lowest BCUT2D eigenvalue weighted by molar-refractivity contribution is -0.410. The topological polar surface area (TPSA) is 64.9 Å². The number of carboxylic acid groups (broad SMARTS) is 1. The van der Waals surface area contributed by atoms with Crippen molar-refractivity contribution in [2.75, 3.05) is 0 Å². The van der Waals surface area contributed by atoms with Gasteiger partial charge in [-0.15, -0.1) is 0 Å². The lowest BCUT2D eigenvalue weighted by Gasteiger charge is -2.04. The summed E-state index contributed by atoms with van der Waals surface area (Å²) in [7, 11) is 0. The fourth-order valence-corrected chi connectivity index (χ4v) is 0.993. The molecule has 2 atom stereocenters. The molecule has 0 fully saturated rings.